The predicted octanol–water partition coefficient (Wildman–Crippen LogP) is 3.24. The second-order valence-corrected chi connectivity index (χ2v) is 4.07. The van der Waals surface area contributed by atoms with E-state index in [1.807, 2.05) is 0 Å². The zero-order valence-corrected chi connectivity index (χ0v) is 9.00. The molecule has 1 nitrogen and oxygen atoms in total. The monoisotopic (exact) mass is 189 g/mol. The van der Waals surface area contributed by atoms with Crippen LogP contribution in [-0.2, 0) is 6.42 Å². The lowest BCUT2D eigenvalue weighted by Gasteiger charge is -2.21. The molecule has 0 unspecified atom stereocenters. The second kappa shape index (κ2) is 4.50. The largest absolute Gasteiger partial charge is 0.371 e. The van der Waals surface area contributed by atoms with Crippen molar-refractivity contribution >= 4 is 5.69 Å². The summed E-state index contributed by atoms with van der Waals surface area (Å²) in [5.41, 5.74) is 3.00. The van der Waals surface area contributed by atoms with Crippen LogP contribution in [0.5, 0.6) is 0 Å². The van der Waals surface area contributed by atoms with Gasteiger partial charge in [-0.1, -0.05) is 31.5 Å². The van der Waals surface area contributed by atoms with Crippen molar-refractivity contribution in [1.29, 1.82) is 0 Å². The van der Waals surface area contributed by atoms with E-state index in [2.05, 4.69) is 36.1 Å². The number of benzene rings is 1. The molecule has 1 heteroatoms. The van der Waals surface area contributed by atoms with Crippen molar-refractivity contribution in [2.45, 2.75) is 32.6 Å². The summed E-state index contributed by atoms with van der Waals surface area (Å²) >= 11 is 0. The van der Waals surface area contributed by atoms with Gasteiger partial charge in [-0.25, -0.2) is 0 Å². The third kappa shape index (κ3) is 1.92. The third-order valence-corrected chi connectivity index (χ3v) is 2.96. The number of hydrogen-bond acceptors (Lipinski definition) is 1. The number of anilines is 1. The number of hydrogen-bond donors (Lipinski definition) is 0. The predicted molar refractivity (Wildman–Crippen MR) is 61.9 cm³/mol. The molecule has 1 heterocycles. The molecule has 0 N–H and O–H groups in total. The lowest BCUT2D eigenvalue weighted by Crippen LogP contribution is -2.19. The minimum absolute atomic E-state index is 1.21. The molecule has 0 atom stereocenters. The Hall–Kier alpha value is -0.980. The van der Waals surface area contributed by atoms with Gasteiger partial charge >= 0.3 is 0 Å². The summed E-state index contributed by atoms with van der Waals surface area (Å²) in [7, 11) is 0. The van der Waals surface area contributed by atoms with E-state index in [0.29, 0.717) is 0 Å². The van der Waals surface area contributed by atoms with Crippen LogP contribution in [0.1, 0.15) is 31.7 Å². The van der Waals surface area contributed by atoms with E-state index in [-0.39, 0.29) is 0 Å². The van der Waals surface area contributed by atoms with Gasteiger partial charge < -0.3 is 4.90 Å². The van der Waals surface area contributed by atoms with Gasteiger partial charge in [0.25, 0.3) is 0 Å². The molecule has 1 aliphatic rings. The molecule has 0 aromatic heterocycles. The molecule has 1 aromatic carbocycles. The van der Waals surface area contributed by atoms with Crippen molar-refractivity contribution in [2.75, 3.05) is 18.0 Å². The maximum atomic E-state index is 2.53. The van der Waals surface area contributed by atoms with Crippen molar-refractivity contribution in [3.05, 3.63) is 29.8 Å². The minimum Gasteiger partial charge on any atom is -0.371 e. The standard InChI is InChI=1S/C13H19N/c1-2-7-12-8-3-4-9-13(12)14-10-5-6-11-14/h3-4,8-9H,2,5-7,10-11H2,1H3. The molecule has 0 radical (unpaired) electrons. The van der Waals surface area contributed by atoms with Crippen molar-refractivity contribution in [3.63, 3.8) is 0 Å². The Morgan fingerprint density at radius 2 is 1.86 bits per heavy atom. The number of aryl methyl sites for hydroxylation is 1. The first kappa shape index (κ1) is 9.57. The Morgan fingerprint density at radius 1 is 1.14 bits per heavy atom. The molecular formula is C13H19N. The van der Waals surface area contributed by atoms with Crippen molar-refractivity contribution < 1.29 is 0 Å². The molecule has 0 spiro atoms. The molecule has 0 saturated carbocycles. The van der Waals surface area contributed by atoms with Gasteiger partial charge in [0.2, 0.25) is 0 Å². The van der Waals surface area contributed by atoms with Gasteiger partial charge in [-0.3, -0.25) is 0 Å². The Balaban J connectivity index is 2.21. The average Bonchev–Trinajstić information content (AvgIpc) is 2.72. The fourth-order valence-electron chi connectivity index (χ4n) is 2.26. The number of para-hydroxylation sites is 1. The summed E-state index contributed by atoms with van der Waals surface area (Å²) in [6.07, 6.45) is 5.18. The number of rotatable bonds is 3. The van der Waals surface area contributed by atoms with Crippen molar-refractivity contribution in [2.24, 2.45) is 0 Å². The Labute approximate surface area is 86.7 Å². The summed E-state index contributed by atoms with van der Waals surface area (Å²) in [6, 6.07) is 8.87. The summed E-state index contributed by atoms with van der Waals surface area (Å²) in [6.45, 7) is 4.75. The second-order valence-electron chi connectivity index (χ2n) is 4.07. The molecule has 1 aliphatic heterocycles. The van der Waals surface area contributed by atoms with E-state index in [1.54, 1.807) is 0 Å². The summed E-state index contributed by atoms with van der Waals surface area (Å²) in [4.78, 5) is 2.53. The van der Waals surface area contributed by atoms with Gasteiger partial charge in [-0.2, -0.15) is 0 Å². The van der Waals surface area contributed by atoms with Gasteiger partial charge in [0, 0.05) is 18.8 Å². The fraction of sp³-hybridized carbons (Fsp3) is 0.538. The van der Waals surface area contributed by atoms with Crippen molar-refractivity contribution in [1.82, 2.24) is 0 Å². The average molecular weight is 189 g/mol. The lowest BCUT2D eigenvalue weighted by molar-refractivity contribution is 0.892. The van der Waals surface area contributed by atoms with Gasteiger partial charge in [-0.15, -0.1) is 0 Å². The summed E-state index contributed by atoms with van der Waals surface area (Å²) in [5, 5.41) is 0. The molecule has 1 fully saturated rings. The van der Waals surface area contributed by atoms with Crippen LogP contribution < -0.4 is 4.90 Å². The Bertz CT molecular complexity index is 287. The molecule has 0 amide bonds. The zero-order valence-electron chi connectivity index (χ0n) is 9.00. The van der Waals surface area contributed by atoms with Crippen LogP contribution in [0.2, 0.25) is 0 Å². The topological polar surface area (TPSA) is 3.24 Å². The van der Waals surface area contributed by atoms with Gasteiger partial charge in [-0.05, 0) is 30.9 Å². The van der Waals surface area contributed by atoms with Crippen LogP contribution in [0.4, 0.5) is 5.69 Å². The molecule has 1 aromatic rings. The minimum atomic E-state index is 1.21. The van der Waals surface area contributed by atoms with E-state index in [4.69, 9.17) is 0 Å². The van der Waals surface area contributed by atoms with Crippen molar-refractivity contribution in [3.8, 4) is 0 Å². The molecule has 14 heavy (non-hydrogen) atoms. The third-order valence-electron chi connectivity index (χ3n) is 2.96. The molecular weight excluding hydrogens is 170 g/mol. The molecule has 0 bridgehead atoms. The highest BCUT2D eigenvalue weighted by Gasteiger charge is 2.14. The highest BCUT2D eigenvalue weighted by atomic mass is 15.1. The highest BCUT2D eigenvalue weighted by Crippen LogP contribution is 2.25. The van der Waals surface area contributed by atoms with Crippen LogP contribution >= 0.6 is 0 Å². The highest BCUT2D eigenvalue weighted by molar-refractivity contribution is 5.54. The first-order chi connectivity index (χ1) is 6.92. The van der Waals surface area contributed by atoms with E-state index < -0.39 is 0 Å². The molecule has 0 aliphatic carbocycles. The summed E-state index contributed by atoms with van der Waals surface area (Å²) in [5.74, 6) is 0. The van der Waals surface area contributed by atoms with E-state index in [1.165, 1.54) is 50.0 Å². The van der Waals surface area contributed by atoms with Crippen LogP contribution in [0.3, 0.4) is 0 Å². The van der Waals surface area contributed by atoms with Gasteiger partial charge in [0.15, 0.2) is 0 Å². The smallest absolute Gasteiger partial charge is 0.0398 e. The van der Waals surface area contributed by atoms with Crippen LogP contribution in [-0.4, -0.2) is 13.1 Å². The first-order valence-corrected chi connectivity index (χ1v) is 5.74. The molecule has 1 saturated heterocycles. The Morgan fingerprint density at radius 3 is 2.57 bits per heavy atom. The van der Waals surface area contributed by atoms with E-state index in [9.17, 15) is 0 Å². The van der Waals surface area contributed by atoms with Crippen LogP contribution in [0.25, 0.3) is 0 Å². The normalized spacial score (nSPS) is 16.2. The summed E-state index contributed by atoms with van der Waals surface area (Å²) < 4.78 is 0. The lowest BCUT2D eigenvalue weighted by atomic mass is 10.1. The zero-order chi connectivity index (χ0) is 9.80. The quantitative estimate of drug-likeness (QED) is 0.705. The van der Waals surface area contributed by atoms with E-state index in [0.717, 1.165) is 0 Å². The van der Waals surface area contributed by atoms with Crippen LogP contribution in [0, 0.1) is 0 Å². The molecule has 76 valence electrons. The maximum Gasteiger partial charge on any atom is 0.0398 e. The Kier molecular flexibility index (Phi) is 3.07. The van der Waals surface area contributed by atoms with Gasteiger partial charge in [0.05, 0.1) is 0 Å². The maximum absolute atomic E-state index is 2.53. The number of nitrogens with zero attached hydrogens (tertiary/aromatic N) is 1. The SMILES string of the molecule is CCCc1ccccc1N1CCCC1. The molecule has 2 rings (SSSR count). The first-order valence-electron chi connectivity index (χ1n) is 5.74. The van der Waals surface area contributed by atoms with Gasteiger partial charge in [0.1, 0.15) is 0 Å². The van der Waals surface area contributed by atoms with Crippen LogP contribution in [0.15, 0.2) is 24.3 Å². The van der Waals surface area contributed by atoms with E-state index >= 15 is 0 Å². The fourth-order valence-corrected chi connectivity index (χ4v) is 2.26.